The number of hydrogen-bond donors (Lipinski definition) is 1. The van der Waals surface area contributed by atoms with Gasteiger partial charge in [-0.15, -0.1) is 0 Å². The molecule has 1 rings (SSSR count). The number of rotatable bonds is 13. The van der Waals surface area contributed by atoms with Gasteiger partial charge in [0.05, 0.1) is 13.2 Å². The van der Waals surface area contributed by atoms with Crippen LogP contribution in [0.2, 0.25) is 0 Å². The fraction of sp³-hybridized carbons (Fsp3) is 0.778. The third kappa shape index (κ3) is 8.27. The lowest BCUT2D eigenvalue weighted by Crippen LogP contribution is -2.13. The zero-order valence-corrected chi connectivity index (χ0v) is 14.2. The van der Waals surface area contributed by atoms with Crippen LogP contribution in [0.25, 0.3) is 0 Å². The van der Waals surface area contributed by atoms with Crippen molar-refractivity contribution in [3.8, 4) is 0 Å². The van der Waals surface area contributed by atoms with Gasteiger partial charge in [-0.25, -0.2) is 0 Å². The van der Waals surface area contributed by atoms with E-state index in [4.69, 9.17) is 9.15 Å². The van der Waals surface area contributed by atoms with E-state index >= 15 is 0 Å². The number of furan rings is 1. The van der Waals surface area contributed by atoms with Crippen LogP contribution < -0.4 is 5.32 Å². The Morgan fingerprint density at radius 1 is 1.05 bits per heavy atom. The van der Waals surface area contributed by atoms with Crippen LogP contribution in [0.4, 0.5) is 0 Å². The van der Waals surface area contributed by atoms with Crippen molar-refractivity contribution in [3.63, 3.8) is 0 Å². The monoisotopic (exact) mass is 295 g/mol. The first kappa shape index (κ1) is 18.2. The minimum absolute atomic E-state index is 0.679. The maximum Gasteiger partial charge on any atom is 0.118 e. The van der Waals surface area contributed by atoms with Crippen LogP contribution in [0.5, 0.6) is 0 Å². The van der Waals surface area contributed by atoms with Gasteiger partial charge in [0.25, 0.3) is 0 Å². The number of nitrogens with one attached hydrogen (secondary N) is 1. The minimum Gasteiger partial charge on any atom is -0.465 e. The SMILES string of the molecule is CCCCCCCCOCc1cc(CNCCC)oc1C. The van der Waals surface area contributed by atoms with Crippen molar-refractivity contribution in [2.24, 2.45) is 0 Å². The van der Waals surface area contributed by atoms with Gasteiger partial charge in [-0.2, -0.15) is 0 Å². The van der Waals surface area contributed by atoms with Crippen molar-refractivity contribution >= 4 is 0 Å². The van der Waals surface area contributed by atoms with Gasteiger partial charge < -0.3 is 14.5 Å². The number of ether oxygens (including phenoxy) is 1. The van der Waals surface area contributed by atoms with Gasteiger partial charge in [-0.3, -0.25) is 0 Å². The van der Waals surface area contributed by atoms with Crippen LogP contribution >= 0.6 is 0 Å². The van der Waals surface area contributed by atoms with Crippen LogP contribution in [0.1, 0.15) is 75.9 Å². The average Bonchev–Trinajstić information content (AvgIpc) is 2.82. The molecule has 0 fully saturated rings. The van der Waals surface area contributed by atoms with Crippen LogP contribution in [-0.4, -0.2) is 13.2 Å². The summed E-state index contributed by atoms with van der Waals surface area (Å²) in [5, 5.41) is 3.36. The molecule has 0 aliphatic carbocycles. The van der Waals surface area contributed by atoms with E-state index in [0.717, 1.165) is 37.6 Å². The molecule has 1 aromatic heterocycles. The van der Waals surface area contributed by atoms with Gasteiger partial charge in [-0.05, 0) is 32.4 Å². The molecule has 3 heteroatoms. The highest BCUT2D eigenvalue weighted by atomic mass is 16.5. The first-order chi connectivity index (χ1) is 10.3. The standard InChI is InChI=1S/C18H33NO2/c1-4-6-7-8-9-10-12-20-15-17-13-18(21-16(17)3)14-19-11-5-2/h13,19H,4-12,14-15H2,1-3H3. The summed E-state index contributed by atoms with van der Waals surface area (Å²) in [5.41, 5.74) is 1.19. The largest absolute Gasteiger partial charge is 0.465 e. The summed E-state index contributed by atoms with van der Waals surface area (Å²) in [6.45, 7) is 9.82. The molecule has 1 aromatic rings. The van der Waals surface area contributed by atoms with Crippen molar-refractivity contribution < 1.29 is 9.15 Å². The molecule has 3 nitrogen and oxygen atoms in total. The quantitative estimate of drug-likeness (QED) is 0.522. The topological polar surface area (TPSA) is 34.4 Å². The summed E-state index contributed by atoms with van der Waals surface area (Å²) in [5.74, 6) is 2.00. The van der Waals surface area contributed by atoms with Gasteiger partial charge in [0.2, 0.25) is 0 Å². The van der Waals surface area contributed by atoms with E-state index in [2.05, 4.69) is 25.2 Å². The van der Waals surface area contributed by atoms with Crippen molar-refractivity contribution in [2.45, 2.75) is 78.9 Å². The fourth-order valence-electron chi connectivity index (χ4n) is 2.37. The molecule has 1 heterocycles. The molecule has 21 heavy (non-hydrogen) atoms. The molecule has 0 spiro atoms. The van der Waals surface area contributed by atoms with E-state index in [-0.39, 0.29) is 0 Å². The molecular formula is C18H33NO2. The van der Waals surface area contributed by atoms with E-state index in [1.165, 1.54) is 44.1 Å². The Kier molecular flexibility index (Phi) is 10.3. The zero-order chi connectivity index (χ0) is 15.3. The second kappa shape index (κ2) is 11.8. The number of aryl methyl sites for hydroxylation is 1. The van der Waals surface area contributed by atoms with Gasteiger partial charge in [-0.1, -0.05) is 46.0 Å². The number of hydrogen-bond acceptors (Lipinski definition) is 3. The highest BCUT2D eigenvalue weighted by Gasteiger charge is 2.07. The Hall–Kier alpha value is -0.800. The molecule has 122 valence electrons. The van der Waals surface area contributed by atoms with E-state index < -0.39 is 0 Å². The molecule has 0 bridgehead atoms. The summed E-state index contributed by atoms with van der Waals surface area (Å²) in [7, 11) is 0. The van der Waals surface area contributed by atoms with Gasteiger partial charge in [0.15, 0.2) is 0 Å². The Labute approximate surface area is 130 Å². The molecule has 0 aliphatic heterocycles. The highest BCUT2D eigenvalue weighted by molar-refractivity contribution is 5.19. The molecule has 0 aliphatic rings. The second-order valence-corrected chi connectivity index (χ2v) is 5.79. The van der Waals surface area contributed by atoms with Crippen LogP contribution in [0.15, 0.2) is 10.5 Å². The second-order valence-electron chi connectivity index (χ2n) is 5.79. The lowest BCUT2D eigenvalue weighted by Gasteiger charge is -2.03. The maximum absolute atomic E-state index is 5.77. The third-order valence-corrected chi connectivity index (χ3v) is 3.70. The lowest BCUT2D eigenvalue weighted by molar-refractivity contribution is 0.116. The molecule has 0 aromatic carbocycles. The van der Waals surface area contributed by atoms with E-state index in [0.29, 0.717) is 6.61 Å². The van der Waals surface area contributed by atoms with E-state index in [9.17, 15) is 0 Å². The smallest absolute Gasteiger partial charge is 0.118 e. The zero-order valence-electron chi connectivity index (χ0n) is 14.2. The lowest BCUT2D eigenvalue weighted by atomic mass is 10.1. The Morgan fingerprint density at radius 2 is 1.81 bits per heavy atom. The molecule has 0 unspecified atom stereocenters. The van der Waals surface area contributed by atoms with Crippen LogP contribution in [0.3, 0.4) is 0 Å². The molecule has 0 saturated carbocycles. The molecule has 0 radical (unpaired) electrons. The Bertz CT molecular complexity index is 360. The van der Waals surface area contributed by atoms with Crippen LogP contribution in [0, 0.1) is 6.92 Å². The fourth-order valence-corrected chi connectivity index (χ4v) is 2.37. The predicted molar refractivity (Wildman–Crippen MR) is 88.5 cm³/mol. The van der Waals surface area contributed by atoms with E-state index in [1.54, 1.807) is 0 Å². The van der Waals surface area contributed by atoms with Crippen molar-refractivity contribution in [3.05, 3.63) is 23.2 Å². The Balaban J connectivity index is 2.11. The van der Waals surface area contributed by atoms with Crippen LogP contribution in [-0.2, 0) is 17.9 Å². The van der Waals surface area contributed by atoms with Crippen molar-refractivity contribution in [2.75, 3.05) is 13.2 Å². The summed E-state index contributed by atoms with van der Waals surface area (Å²) in [6.07, 6.45) is 8.99. The molecule has 0 atom stereocenters. The minimum atomic E-state index is 0.679. The summed E-state index contributed by atoms with van der Waals surface area (Å²) in [4.78, 5) is 0. The Morgan fingerprint density at radius 3 is 2.57 bits per heavy atom. The van der Waals surface area contributed by atoms with Gasteiger partial charge in [0, 0.05) is 12.2 Å². The normalized spacial score (nSPS) is 11.2. The number of unbranched alkanes of at least 4 members (excludes halogenated alkanes) is 5. The molecule has 0 amide bonds. The predicted octanol–water partition coefficient (Wildman–Crippen LogP) is 4.96. The summed E-state index contributed by atoms with van der Waals surface area (Å²) >= 11 is 0. The maximum atomic E-state index is 5.77. The molecule has 0 saturated heterocycles. The summed E-state index contributed by atoms with van der Waals surface area (Å²) < 4.78 is 11.5. The van der Waals surface area contributed by atoms with E-state index in [1.807, 2.05) is 6.92 Å². The first-order valence-corrected chi connectivity index (χ1v) is 8.64. The first-order valence-electron chi connectivity index (χ1n) is 8.64. The summed E-state index contributed by atoms with van der Waals surface area (Å²) in [6, 6.07) is 2.12. The highest BCUT2D eigenvalue weighted by Crippen LogP contribution is 2.16. The molecular weight excluding hydrogens is 262 g/mol. The van der Waals surface area contributed by atoms with Gasteiger partial charge in [0.1, 0.15) is 11.5 Å². The molecule has 1 N–H and O–H groups in total. The third-order valence-electron chi connectivity index (χ3n) is 3.70. The van der Waals surface area contributed by atoms with Crippen molar-refractivity contribution in [1.29, 1.82) is 0 Å². The van der Waals surface area contributed by atoms with Crippen molar-refractivity contribution in [1.82, 2.24) is 5.32 Å². The van der Waals surface area contributed by atoms with Gasteiger partial charge >= 0.3 is 0 Å². The average molecular weight is 295 g/mol.